The molecule has 0 aliphatic rings. The number of hydrogen-bond acceptors (Lipinski definition) is 4. The van der Waals surface area contributed by atoms with Gasteiger partial charge in [0, 0.05) is 4.47 Å². The highest BCUT2D eigenvalue weighted by atomic mass is 79.9. The molecule has 0 aromatic heterocycles. The van der Waals surface area contributed by atoms with Crippen LogP contribution in [0.4, 0.5) is 0 Å². The van der Waals surface area contributed by atoms with E-state index in [9.17, 15) is 4.79 Å². The van der Waals surface area contributed by atoms with Gasteiger partial charge < -0.3 is 9.47 Å². The lowest BCUT2D eigenvalue weighted by molar-refractivity contribution is -0.143. The fourth-order valence-electron chi connectivity index (χ4n) is 1.19. The molecule has 0 aliphatic heterocycles. The van der Waals surface area contributed by atoms with Crippen molar-refractivity contribution in [1.82, 2.24) is 0 Å². The van der Waals surface area contributed by atoms with Gasteiger partial charge in [-0.1, -0.05) is 15.9 Å². The van der Waals surface area contributed by atoms with Crippen LogP contribution in [-0.4, -0.2) is 19.2 Å². The van der Waals surface area contributed by atoms with Crippen LogP contribution in [-0.2, 0) is 9.53 Å². The maximum absolute atomic E-state index is 11.1. The Morgan fingerprint density at radius 3 is 2.94 bits per heavy atom. The summed E-state index contributed by atoms with van der Waals surface area (Å²) < 4.78 is 10.9. The van der Waals surface area contributed by atoms with Crippen LogP contribution in [0.15, 0.2) is 22.7 Å². The van der Waals surface area contributed by atoms with Crippen LogP contribution >= 0.6 is 15.9 Å². The first-order chi connectivity index (χ1) is 8.17. The van der Waals surface area contributed by atoms with Gasteiger partial charge in [-0.15, -0.1) is 0 Å². The summed E-state index contributed by atoms with van der Waals surface area (Å²) in [4.78, 5) is 11.1. The van der Waals surface area contributed by atoms with Gasteiger partial charge in [-0.25, -0.2) is 0 Å². The number of nitriles is 1. The molecule has 0 N–H and O–H groups in total. The third kappa shape index (κ3) is 4.45. The smallest absolute Gasteiger partial charge is 0.309 e. The second kappa shape index (κ2) is 6.92. The third-order valence-electron chi connectivity index (χ3n) is 1.93. The maximum Gasteiger partial charge on any atom is 0.309 e. The lowest BCUT2D eigenvalue weighted by Crippen LogP contribution is -2.10. The van der Waals surface area contributed by atoms with Crippen LogP contribution < -0.4 is 4.74 Å². The van der Waals surface area contributed by atoms with Gasteiger partial charge >= 0.3 is 5.97 Å². The van der Waals surface area contributed by atoms with Crippen molar-refractivity contribution < 1.29 is 14.3 Å². The van der Waals surface area contributed by atoms with Crippen LogP contribution in [0, 0.1) is 11.3 Å². The Bertz CT molecular complexity index is 440. The number of ether oxygens (including phenoxy) is 2. The summed E-state index contributed by atoms with van der Waals surface area (Å²) in [5, 5.41) is 8.89. The van der Waals surface area contributed by atoms with E-state index in [4.69, 9.17) is 14.7 Å². The molecule has 0 saturated heterocycles. The molecule has 0 aliphatic carbocycles. The van der Waals surface area contributed by atoms with E-state index < -0.39 is 0 Å². The topological polar surface area (TPSA) is 59.3 Å². The summed E-state index contributed by atoms with van der Waals surface area (Å²) in [6.07, 6.45) is 0.175. The van der Waals surface area contributed by atoms with Crippen molar-refractivity contribution in [3.05, 3.63) is 28.2 Å². The van der Waals surface area contributed by atoms with Crippen LogP contribution in [0.1, 0.15) is 18.9 Å². The summed E-state index contributed by atoms with van der Waals surface area (Å²) in [7, 11) is 0. The molecule has 90 valence electrons. The number of rotatable bonds is 5. The van der Waals surface area contributed by atoms with E-state index in [1.165, 1.54) is 0 Å². The molecule has 0 bridgehead atoms. The predicted octanol–water partition coefficient (Wildman–Crippen LogP) is 2.65. The third-order valence-corrected chi connectivity index (χ3v) is 2.42. The quantitative estimate of drug-likeness (QED) is 0.784. The first kappa shape index (κ1) is 13.5. The second-order valence-corrected chi connectivity index (χ2v) is 4.07. The zero-order valence-electron chi connectivity index (χ0n) is 9.40. The number of benzene rings is 1. The molecule has 1 rings (SSSR count). The van der Waals surface area contributed by atoms with Gasteiger partial charge in [0.2, 0.25) is 0 Å². The van der Waals surface area contributed by atoms with E-state index in [2.05, 4.69) is 15.9 Å². The monoisotopic (exact) mass is 297 g/mol. The highest BCUT2D eigenvalue weighted by molar-refractivity contribution is 9.10. The minimum Gasteiger partial charge on any atom is -0.492 e. The maximum atomic E-state index is 11.1. The predicted molar refractivity (Wildman–Crippen MR) is 65.6 cm³/mol. The molecular weight excluding hydrogens is 286 g/mol. The zero-order valence-corrected chi connectivity index (χ0v) is 11.0. The van der Waals surface area contributed by atoms with Gasteiger partial charge in [0.15, 0.2) is 0 Å². The molecule has 0 saturated carbocycles. The van der Waals surface area contributed by atoms with Gasteiger partial charge in [-0.3, -0.25) is 4.79 Å². The van der Waals surface area contributed by atoms with Crippen molar-refractivity contribution in [3.8, 4) is 11.8 Å². The van der Waals surface area contributed by atoms with Crippen LogP contribution in [0.25, 0.3) is 0 Å². The van der Waals surface area contributed by atoms with Gasteiger partial charge in [0.05, 0.1) is 25.2 Å². The number of halogens is 1. The largest absolute Gasteiger partial charge is 0.492 e. The van der Waals surface area contributed by atoms with Gasteiger partial charge in [0.25, 0.3) is 0 Å². The van der Waals surface area contributed by atoms with Crippen molar-refractivity contribution in [3.63, 3.8) is 0 Å². The second-order valence-electron chi connectivity index (χ2n) is 3.16. The zero-order chi connectivity index (χ0) is 12.7. The molecular formula is C12H12BrNO3. The Morgan fingerprint density at radius 2 is 2.29 bits per heavy atom. The van der Waals surface area contributed by atoms with Crippen LogP contribution in [0.5, 0.6) is 5.75 Å². The van der Waals surface area contributed by atoms with Crippen LogP contribution in [0.2, 0.25) is 0 Å². The molecule has 0 amide bonds. The SMILES string of the molecule is CCOC(=O)CCOc1ccc(Br)cc1C#N. The minimum atomic E-state index is -0.303. The Hall–Kier alpha value is -1.54. The molecule has 4 nitrogen and oxygen atoms in total. The minimum absolute atomic E-state index is 0.175. The molecule has 1 aromatic carbocycles. The van der Waals surface area contributed by atoms with Gasteiger partial charge in [-0.2, -0.15) is 5.26 Å². The first-order valence-corrected chi connectivity index (χ1v) is 5.94. The number of nitrogens with zero attached hydrogens (tertiary/aromatic N) is 1. The highest BCUT2D eigenvalue weighted by Gasteiger charge is 2.06. The fourth-order valence-corrected chi connectivity index (χ4v) is 1.55. The standard InChI is InChI=1S/C12H12BrNO3/c1-2-16-12(15)5-6-17-11-4-3-10(13)7-9(11)8-14/h3-4,7H,2,5-6H2,1H3. The lowest BCUT2D eigenvalue weighted by Gasteiger charge is -2.07. The molecule has 0 radical (unpaired) electrons. The Kier molecular flexibility index (Phi) is 5.50. The molecule has 1 aromatic rings. The molecule has 0 fully saturated rings. The van der Waals surface area contributed by atoms with E-state index in [0.29, 0.717) is 17.9 Å². The van der Waals surface area contributed by atoms with E-state index in [1.54, 1.807) is 25.1 Å². The van der Waals surface area contributed by atoms with Crippen LogP contribution in [0.3, 0.4) is 0 Å². The van der Waals surface area contributed by atoms with E-state index in [0.717, 1.165) is 4.47 Å². The highest BCUT2D eigenvalue weighted by Crippen LogP contribution is 2.22. The summed E-state index contributed by atoms with van der Waals surface area (Å²) in [5.74, 6) is 0.170. The summed E-state index contributed by atoms with van der Waals surface area (Å²) in [6.45, 7) is 2.32. The molecule has 0 spiro atoms. The Morgan fingerprint density at radius 1 is 1.53 bits per heavy atom. The fraction of sp³-hybridized carbons (Fsp3) is 0.333. The summed E-state index contributed by atoms with van der Waals surface area (Å²) >= 11 is 3.27. The average molecular weight is 298 g/mol. The number of esters is 1. The van der Waals surface area contributed by atoms with Crippen molar-refractivity contribution in [2.45, 2.75) is 13.3 Å². The summed E-state index contributed by atoms with van der Waals surface area (Å²) in [5.41, 5.74) is 0.434. The number of hydrogen-bond donors (Lipinski definition) is 0. The van der Waals surface area contributed by atoms with Gasteiger partial charge in [-0.05, 0) is 25.1 Å². The van der Waals surface area contributed by atoms with Crippen molar-refractivity contribution in [2.24, 2.45) is 0 Å². The molecule has 0 atom stereocenters. The van der Waals surface area contributed by atoms with Crippen molar-refractivity contribution in [1.29, 1.82) is 5.26 Å². The van der Waals surface area contributed by atoms with E-state index >= 15 is 0 Å². The normalized spacial score (nSPS) is 9.47. The molecule has 17 heavy (non-hydrogen) atoms. The van der Waals surface area contributed by atoms with Crippen molar-refractivity contribution in [2.75, 3.05) is 13.2 Å². The summed E-state index contributed by atoms with van der Waals surface area (Å²) in [6, 6.07) is 7.16. The molecule has 0 heterocycles. The molecule has 0 unspecified atom stereocenters. The molecule has 5 heteroatoms. The van der Waals surface area contributed by atoms with Crippen molar-refractivity contribution >= 4 is 21.9 Å². The first-order valence-electron chi connectivity index (χ1n) is 5.15. The number of carbonyl (C=O) groups excluding carboxylic acids is 1. The number of carbonyl (C=O) groups is 1. The van der Waals surface area contributed by atoms with E-state index in [-0.39, 0.29) is 19.0 Å². The Balaban J connectivity index is 2.52. The van der Waals surface area contributed by atoms with Gasteiger partial charge in [0.1, 0.15) is 11.8 Å². The Labute approximate surface area is 108 Å². The van der Waals surface area contributed by atoms with E-state index in [1.807, 2.05) is 6.07 Å². The lowest BCUT2D eigenvalue weighted by atomic mass is 10.2. The average Bonchev–Trinajstić information content (AvgIpc) is 2.31.